The number of thiophene rings is 1. The van der Waals surface area contributed by atoms with E-state index in [0.717, 1.165) is 29.3 Å². The summed E-state index contributed by atoms with van der Waals surface area (Å²) in [5, 5.41) is 7.26. The standard InChI is InChI=1S/C12H15N3S/c1-8-11(6-13-3)9(2)15-12(14-8)10-4-5-16-7-10/h4-5,7,13H,6H2,1-3H3. The predicted octanol–water partition coefficient (Wildman–Crippen LogP) is 2.54. The van der Waals surface area contributed by atoms with Crippen molar-refractivity contribution in [3.63, 3.8) is 0 Å². The van der Waals surface area contributed by atoms with Gasteiger partial charge in [0.15, 0.2) is 5.82 Å². The highest BCUT2D eigenvalue weighted by Crippen LogP contribution is 2.20. The third-order valence-electron chi connectivity index (χ3n) is 2.55. The van der Waals surface area contributed by atoms with E-state index in [1.54, 1.807) is 11.3 Å². The molecule has 0 aliphatic carbocycles. The Morgan fingerprint density at radius 3 is 2.44 bits per heavy atom. The van der Waals surface area contributed by atoms with Gasteiger partial charge in [0.1, 0.15) is 0 Å². The molecule has 2 heterocycles. The largest absolute Gasteiger partial charge is 0.316 e. The van der Waals surface area contributed by atoms with Gasteiger partial charge in [-0.05, 0) is 32.3 Å². The molecule has 4 heteroatoms. The van der Waals surface area contributed by atoms with Gasteiger partial charge >= 0.3 is 0 Å². The summed E-state index contributed by atoms with van der Waals surface area (Å²) >= 11 is 1.67. The molecule has 0 radical (unpaired) electrons. The van der Waals surface area contributed by atoms with Gasteiger partial charge in [-0.15, -0.1) is 0 Å². The number of rotatable bonds is 3. The minimum Gasteiger partial charge on any atom is -0.316 e. The summed E-state index contributed by atoms with van der Waals surface area (Å²) in [5.41, 5.74) is 4.42. The molecular weight excluding hydrogens is 218 g/mol. The van der Waals surface area contributed by atoms with Crippen LogP contribution in [0.5, 0.6) is 0 Å². The minimum atomic E-state index is 0.821. The van der Waals surface area contributed by atoms with Gasteiger partial charge in [-0.2, -0.15) is 11.3 Å². The molecule has 0 aliphatic rings. The predicted molar refractivity (Wildman–Crippen MR) is 67.6 cm³/mol. The zero-order valence-electron chi connectivity index (χ0n) is 9.74. The van der Waals surface area contributed by atoms with Crippen molar-refractivity contribution in [3.05, 3.63) is 33.8 Å². The molecule has 3 nitrogen and oxygen atoms in total. The van der Waals surface area contributed by atoms with Crippen LogP contribution in [0.2, 0.25) is 0 Å². The van der Waals surface area contributed by atoms with Gasteiger partial charge in [0.05, 0.1) is 0 Å². The number of aryl methyl sites for hydroxylation is 2. The summed E-state index contributed by atoms with van der Waals surface area (Å²) in [6, 6.07) is 2.05. The van der Waals surface area contributed by atoms with Gasteiger partial charge in [-0.25, -0.2) is 9.97 Å². The molecule has 16 heavy (non-hydrogen) atoms. The van der Waals surface area contributed by atoms with Crippen molar-refractivity contribution in [2.75, 3.05) is 7.05 Å². The molecule has 0 atom stereocenters. The molecule has 0 fully saturated rings. The van der Waals surface area contributed by atoms with Crippen LogP contribution in [-0.4, -0.2) is 17.0 Å². The third-order valence-corrected chi connectivity index (χ3v) is 3.24. The zero-order valence-corrected chi connectivity index (χ0v) is 10.6. The summed E-state index contributed by atoms with van der Waals surface area (Å²) in [7, 11) is 1.94. The van der Waals surface area contributed by atoms with E-state index in [-0.39, 0.29) is 0 Å². The van der Waals surface area contributed by atoms with Crippen molar-refractivity contribution in [2.24, 2.45) is 0 Å². The van der Waals surface area contributed by atoms with Crippen molar-refractivity contribution in [1.29, 1.82) is 0 Å². The Morgan fingerprint density at radius 2 is 1.94 bits per heavy atom. The van der Waals surface area contributed by atoms with Crippen molar-refractivity contribution in [2.45, 2.75) is 20.4 Å². The Bertz CT molecular complexity index is 454. The van der Waals surface area contributed by atoms with Crippen LogP contribution in [0.1, 0.15) is 17.0 Å². The second-order valence-corrected chi connectivity index (χ2v) is 4.52. The molecule has 2 rings (SSSR count). The van der Waals surface area contributed by atoms with E-state index < -0.39 is 0 Å². The molecule has 0 saturated carbocycles. The van der Waals surface area contributed by atoms with Crippen molar-refractivity contribution in [1.82, 2.24) is 15.3 Å². The maximum absolute atomic E-state index is 4.55. The quantitative estimate of drug-likeness (QED) is 0.885. The lowest BCUT2D eigenvalue weighted by molar-refractivity contribution is 0.787. The first-order valence-electron chi connectivity index (χ1n) is 5.23. The Labute approximate surface area is 99.6 Å². The lowest BCUT2D eigenvalue weighted by Crippen LogP contribution is -2.11. The highest BCUT2D eigenvalue weighted by Gasteiger charge is 2.09. The number of nitrogens with one attached hydrogen (secondary N) is 1. The van der Waals surface area contributed by atoms with Crippen LogP contribution in [0.4, 0.5) is 0 Å². The Kier molecular flexibility index (Phi) is 3.31. The van der Waals surface area contributed by atoms with E-state index in [4.69, 9.17) is 0 Å². The molecule has 0 amide bonds. The fourth-order valence-corrected chi connectivity index (χ4v) is 2.33. The molecule has 84 valence electrons. The van der Waals surface area contributed by atoms with Crippen LogP contribution in [0.3, 0.4) is 0 Å². The first-order valence-corrected chi connectivity index (χ1v) is 6.18. The van der Waals surface area contributed by atoms with Gasteiger partial charge in [0.25, 0.3) is 0 Å². The van der Waals surface area contributed by atoms with E-state index >= 15 is 0 Å². The minimum absolute atomic E-state index is 0.821. The lowest BCUT2D eigenvalue weighted by atomic mass is 10.1. The second kappa shape index (κ2) is 4.72. The lowest BCUT2D eigenvalue weighted by Gasteiger charge is -2.09. The number of hydrogen-bond acceptors (Lipinski definition) is 4. The topological polar surface area (TPSA) is 37.8 Å². The zero-order chi connectivity index (χ0) is 11.5. The maximum atomic E-state index is 4.55. The van der Waals surface area contributed by atoms with E-state index in [1.807, 2.05) is 26.3 Å². The van der Waals surface area contributed by atoms with E-state index in [0.29, 0.717) is 0 Å². The number of nitrogens with zero attached hydrogens (tertiary/aromatic N) is 2. The van der Waals surface area contributed by atoms with Crippen LogP contribution >= 0.6 is 11.3 Å². The van der Waals surface area contributed by atoms with Crippen molar-refractivity contribution < 1.29 is 0 Å². The van der Waals surface area contributed by atoms with Gasteiger partial charge in [0.2, 0.25) is 0 Å². The monoisotopic (exact) mass is 233 g/mol. The molecule has 0 unspecified atom stereocenters. The Balaban J connectivity index is 2.45. The summed E-state index contributed by atoms with van der Waals surface area (Å²) in [6.07, 6.45) is 0. The SMILES string of the molecule is CNCc1c(C)nc(-c2ccsc2)nc1C. The molecule has 2 aromatic heterocycles. The first-order chi connectivity index (χ1) is 7.72. The van der Waals surface area contributed by atoms with E-state index in [1.165, 1.54) is 5.56 Å². The molecule has 0 aliphatic heterocycles. The van der Waals surface area contributed by atoms with Gasteiger partial charge < -0.3 is 5.32 Å². The molecule has 0 saturated heterocycles. The number of hydrogen-bond donors (Lipinski definition) is 1. The maximum Gasteiger partial charge on any atom is 0.160 e. The van der Waals surface area contributed by atoms with Crippen LogP contribution in [0, 0.1) is 13.8 Å². The highest BCUT2D eigenvalue weighted by molar-refractivity contribution is 7.08. The van der Waals surface area contributed by atoms with Gasteiger partial charge in [-0.1, -0.05) is 0 Å². The molecule has 1 N–H and O–H groups in total. The average Bonchev–Trinajstić information content (AvgIpc) is 2.76. The highest BCUT2D eigenvalue weighted by atomic mass is 32.1. The normalized spacial score (nSPS) is 10.7. The number of aromatic nitrogens is 2. The Morgan fingerprint density at radius 1 is 1.25 bits per heavy atom. The van der Waals surface area contributed by atoms with Crippen LogP contribution < -0.4 is 5.32 Å². The van der Waals surface area contributed by atoms with E-state index in [9.17, 15) is 0 Å². The fraction of sp³-hybridized carbons (Fsp3) is 0.333. The molecule has 0 spiro atoms. The molecule has 0 aromatic carbocycles. The second-order valence-electron chi connectivity index (χ2n) is 3.74. The smallest absolute Gasteiger partial charge is 0.160 e. The van der Waals surface area contributed by atoms with Gasteiger partial charge in [-0.3, -0.25) is 0 Å². The third kappa shape index (κ3) is 2.13. The average molecular weight is 233 g/mol. The summed E-state index contributed by atoms with van der Waals surface area (Å²) < 4.78 is 0. The summed E-state index contributed by atoms with van der Waals surface area (Å²) in [6.45, 7) is 4.90. The fourth-order valence-electron chi connectivity index (χ4n) is 1.69. The van der Waals surface area contributed by atoms with E-state index in [2.05, 4.69) is 26.7 Å². The molecule has 0 bridgehead atoms. The first kappa shape index (κ1) is 11.2. The van der Waals surface area contributed by atoms with Gasteiger partial charge in [0, 0.05) is 34.4 Å². The van der Waals surface area contributed by atoms with Crippen molar-refractivity contribution >= 4 is 11.3 Å². The molecular formula is C12H15N3S. The molecule has 2 aromatic rings. The van der Waals surface area contributed by atoms with Crippen LogP contribution in [-0.2, 0) is 6.54 Å². The summed E-state index contributed by atoms with van der Waals surface area (Å²) in [5.74, 6) is 0.830. The summed E-state index contributed by atoms with van der Waals surface area (Å²) in [4.78, 5) is 9.10. The van der Waals surface area contributed by atoms with Crippen LogP contribution in [0.25, 0.3) is 11.4 Å². The van der Waals surface area contributed by atoms with Crippen LogP contribution in [0.15, 0.2) is 16.8 Å². The Hall–Kier alpha value is -1.26. The van der Waals surface area contributed by atoms with Crippen molar-refractivity contribution in [3.8, 4) is 11.4 Å².